The van der Waals surface area contributed by atoms with Crippen LogP contribution < -0.4 is 9.64 Å². The van der Waals surface area contributed by atoms with Crippen molar-refractivity contribution >= 4 is 56.6 Å². The summed E-state index contributed by atoms with van der Waals surface area (Å²) in [6.07, 6.45) is 1.97. The zero-order valence-electron chi connectivity index (χ0n) is 29.3. The second-order valence-electron chi connectivity index (χ2n) is 13.6. The summed E-state index contributed by atoms with van der Waals surface area (Å²) in [5.74, 6) is -1.31. The van der Waals surface area contributed by atoms with E-state index in [2.05, 4.69) is 0 Å². The van der Waals surface area contributed by atoms with Gasteiger partial charge in [0.25, 0.3) is 5.91 Å². The van der Waals surface area contributed by atoms with Gasteiger partial charge in [0.05, 0.1) is 22.2 Å². The Bertz CT molecular complexity index is 1900. The summed E-state index contributed by atoms with van der Waals surface area (Å²) in [4.78, 5) is 44.1. The van der Waals surface area contributed by atoms with E-state index in [1.54, 1.807) is 35.9 Å². The maximum Gasteiger partial charge on any atom is 0.410 e. The van der Waals surface area contributed by atoms with Gasteiger partial charge in [-0.3, -0.25) is 9.59 Å². The van der Waals surface area contributed by atoms with Crippen molar-refractivity contribution < 1.29 is 32.6 Å². The molecule has 0 bridgehead atoms. The van der Waals surface area contributed by atoms with E-state index in [9.17, 15) is 23.2 Å². The van der Waals surface area contributed by atoms with Gasteiger partial charge in [0.15, 0.2) is 0 Å². The molecule has 0 unspecified atom stereocenters. The Hall–Kier alpha value is -4.22. The quantitative estimate of drug-likeness (QED) is 0.181. The second kappa shape index (κ2) is 14.9. The number of halogens is 3. The second-order valence-corrected chi connectivity index (χ2v) is 15.0. The smallest absolute Gasteiger partial charge is 0.410 e. The lowest BCUT2D eigenvalue weighted by atomic mass is 9.89. The first-order valence-corrected chi connectivity index (χ1v) is 17.6. The van der Waals surface area contributed by atoms with Gasteiger partial charge in [0.2, 0.25) is 5.91 Å². The van der Waals surface area contributed by atoms with E-state index in [1.165, 1.54) is 6.92 Å². The Balaban J connectivity index is 1.49. The van der Waals surface area contributed by atoms with Crippen LogP contribution in [0.25, 0.3) is 21.2 Å². The first-order chi connectivity index (χ1) is 23.6. The first kappa shape index (κ1) is 37.0. The molecule has 4 aromatic rings. The van der Waals surface area contributed by atoms with Crippen molar-refractivity contribution in [3.63, 3.8) is 0 Å². The normalized spacial score (nSPS) is 16.2. The van der Waals surface area contributed by atoms with Crippen molar-refractivity contribution in [3.05, 3.63) is 81.7 Å². The van der Waals surface area contributed by atoms with Crippen LogP contribution in [0.1, 0.15) is 68.6 Å². The fourth-order valence-corrected chi connectivity index (χ4v) is 7.80. The van der Waals surface area contributed by atoms with Crippen LogP contribution in [0.4, 0.5) is 19.3 Å². The predicted molar refractivity (Wildman–Crippen MR) is 194 cm³/mol. The number of carbonyl (C=O) groups is 3. The van der Waals surface area contributed by atoms with Crippen molar-refractivity contribution in [2.24, 2.45) is 0 Å². The van der Waals surface area contributed by atoms with Crippen molar-refractivity contribution in [1.82, 2.24) is 9.80 Å². The molecular formula is C38H42ClF2N3O5S. The van der Waals surface area contributed by atoms with Gasteiger partial charge < -0.3 is 24.2 Å². The first-order valence-electron chi connectivity index (χ1n) is 16.4. The third-order valence-corrected chi connectivity index (χ3v) is 10.8. The summed E-state index contributed by atoms with van der Waals surface area (Å²) >= 11 is 7.47. The molecule has 0 saturated heterocycles. The third kappa shape index (κ3) is 7.89. The van der Waals surface area contributed by atoms with Crippen LogP contribution in [-0.4, -0.2) is 66.6 Å². The van der Waals surface area contributed by atoms with E-state index in [-0.39, 0.29) is 44.5 Å². The molecule has 0 aliphatic heterocycles. The van der Waals surface area contributed by atoms with Gasteiger partial charge in [-0.25, -0.2) is 13.6 Å². The molecule has 1 aliphatic carbocycles. The Morgan fingerprint density at radius 3 is 2.08 bits per heavy atom. The Morgan fingerprint density at radius 1 is 0.900 bits per heavy atom. The number of thiophene rings is 1. The lowest BCUT2D eigenvalue weighted by molar-refractivity contribution is -0.116. The highest BCUT2D eigenvalue weighted by atomic mass is 35.5. The molecule has 0 atom stereocenters. The molecule has 1 heterocycles. The molecule has 3 aromatic carbocycles. The number of methoxy groups -OCH3 is 1. The number of benzene rings is 3. The molecule has 1 aromatic heterocycles. The molecule has 1 aliphatic rings. The van der Waals surface area contributed by atoms with Crippen LogP contribution in [0, 0.1) is 11.6 Å². The molecule has 0 spiro atoms. The summed E-state index contributed by atoms with van der Waals surface area (Å²) < 4.78 is 41.0. The van der Waals surface area contributed by atoms with E-state index in [1.807, 2.05) is 63.2 Å². The number of hydrogen-bond acceptors (Lipinski definition) is 6. The molecular weight excluding hydrogens is 684 g/mol. The number of nitrogens with zero attached hydrogens (tertiary/aromatic N) is 3. The van der Waals surface area contributed by atoms with Gasteiger partial charge in [-0.15, -0.1) is 11.3 Å². The van der Waals surface area contributed by atoms with Crippen LogP contribution in [0.15, 0.2) is 54.6 Å². The van der Waals surface area contributed by atoms with E-state index in [0.29, 0.717) is 31.4 Å². The largest absolute Gasteiger partial charge is 0.496 e. The summed E-state index contributed by atoms with van der Waals surface area (Å²) in [6.45, 7) is 7.10. The lowest BCUT2D eigenvalue weighted by Gasteiger charge is -2.40. The summed E-state index contributed by atoms with van der Waals surface area (Å²) in [5.41, 5.74) is 2.63. The Kier molecular flexibility index (Phi) is 11.1. The minimum absolute atomic E-state index is 0.0144. The van der Waals surface area contributed by atoms with Crippen molar-refractivity contribution in [2.75, 3.05) is 26.1 Å². The van der Waals surface area contributed by atoms with E-state index in [0.717, 1.165) is 45.8 Å². The lowest BCUT2D eigenvalue weighted by Crippen LogP contribution is -2.47. The van der Waals surface area contributed by atoms with Crippen LogP contribution >= 0.6 is 22.9 Å². The number of amides is 3. The number of anilines is 1. The molecule has 12 heteroatoms. The van der Waals surface area contributed by atoms with Gasteiger partial charge in [-0.1, -0.05) is 29.8 Å². The monoisotopic (exact) mass is 725 g/mol. The zero-order chi connectivity index (χ0) is 36.5. The third-order valence-electron chi connectivity index (χ3n) is 9.15. The van der Waals surface area contributed by atoms with Crippen molar-refractivity contribution in [2.45, 2.75) is 77.6 Å². The molecule has 1 saturated carbocycles. The minimum Gasteiger partial charge on any atom is -0.496 e. The molecule has 3 amide bonds. The van der Waals surface area contributed by atoms with E-state index in [4.69, 9.17) is 21.1 Å². The fourth-order valence-electron chi connectivity index (χ4n) is 6.30. The zero-order valence-corrected chi connectivity index (χ0v) is 30.9. The highest BCUT2D eigenvalue weighted by Gasteiger charge is 2.35. The minimum atomic E-state index is -0.700. The highest BCUT2D eigenvalue weighted by molar-refractivity contribution is 7.21. The Labute approximate surface area is 300 Å². The number of fused-ring (bicyclic) bond motifs is 1. The number of ether oxygens (including phenoxy) is 2. The summed E-state index contributed by atoms with van der Waals surface area (Å²) in [6, 6.07) is 15.0. The standard InChI is InChI=1S/C38H42ClF2N3O5S/c1-22(45)42(5)26-11-8-23(9-12-26)24-10-19-31(48-7)25(20-24)21-44(28-15-13-27(14-16-28)43(6)37(47)49-38(2,3)4)36(46)35-33(39)32-29(40)17-18-30(41)34(32)50-35/h8-12,17-20,27-28H,13-16,21H2,1-7H3. The summed E-state index contributed by atoms with van der Waals surface area (Å²) in [7, 11) is 5.00. The van der Waals surface area contributed by atoms with Gasteiger partial charge in [0.1, 0.15) is 27.9 Å². The highest BCUT2D eigenvalue weighted by Crippen LogP contribution is 2.41. The summed E-state index contributed by atoms with van der Waals surface area (Å²) in [5, 5.41) is -0.229. The number of rotatable bonds is 8. The average Bonchev–Trinajstić information content (AvgIpc) is 3.45. The maximum absolute atomic E-state index is 14.9. The molecule has 0 N–H and O–H groups in total. The maximum atomic E-state index is 14.9. The number of carbonyl (C=O) groups excluding carboxylic acids is 3. The van der Waals surface area contributed by atoms with Gasteiger partial charge in [0, 0.05) is 50.9 Å². The van der Waals surface area contributed by atoms with Gasteiger partial charge >= 0.3 is 6.09 Å². The van der Waals surface area contributed by atoms with Crippen LogP contribution in [-0.2, 0) is 16.1 Å². The van der Waals surface area contributed by atoms with Crippen molar-refractivity contribution in [3.8, 4) is 16.9 Å². The van der Waals surface area contributed by atoms with Gasteiger partial charge in [-0.05, 0) is 94.0 Å². The number of hydrogen-bond donors (Lipinski definition) is 0. The van der Waals surface area contributed by atoms with Gasteiger partial charge in [-0.2, -0.15) is 0 Å². The topological polar surface area (TPSA) is 79.4 Å². The van der Waals surface area contributed by atoms with Crippen LogP contribution in [0.5, 0.6) is 5.75 Å². The molecule has 8 nitrogen and oxygen atoms in total. The van der Waals surface area contributed by atoms with E-state index < -0.39 is 29.2 Å². The predicted octanol–water partition coefficient (Wildman–Crippen LogP) is 9.31. The Morgan fingerprint density at radius 2 is 1.50 bits per heavy atom. The van der Waals surface area contributed by atoms with E-state index >= 15 is 0 Å². The fraction of sp³-hybridized carbons (Fsp3) is 0.395. The molecule has 1 fully saturated rings. The SMILES string of the molecule is COc1ccc(-c2ccc(N(C)C(C)=O)cc2)cc1CN(C(=O)c1sc2c(F)ccc(F)c2c1Cl)C1CCC(N(C)C(=O)OC(C)(C)C)CC1. The molecule has 266 valence electrons. The van der Waals surface area contributed by atoms with Crippen LogP contribution in [0.2, 0.25) is 5.02 Å². The van der Waals surface area contributed by atoms with Crippen molar-refractivity contribution in [1.29, 1.82) is 0 Å². The average molecular weight is 726 g/mol. The molecule has 50 heavy (non-hydrogen) atoms. The molecule has 0 radical (unpaired) electrons. The molecule has 5 rings (SSSR count). The van der Waals surface area contributed by atoms with Crippen LogP contribution in [0.3, 0.4) is 0 Å².